The van der Waals surface area contributed by atoms with Crippen LogP contribution in [0.5, 0.6) is 23.0 Å². The Morgan fingerprint density at radius 1 is 0.676 bits per heavy atom. The first kappa shape index (κ1) is 23.4. The standard InChI is InChI=1S/C28H26O5S/c1-30-22-14-10-19(11-15-22)9-12-21-17-25(32-3)26(33-4)18-27(21)34(29)28-23-8-6-5-7-20(23)13-16-24(28)31-2/h5-18H,1-4H3/b12-9+/t34-/m1/s1. The Kier molecular flexibility index (Phi) is 7.18. The average Bonchev–Trinajstić information content (AvgIpc) is 2.90. The van der Waals surface area contributed by atoms with Gasteiger partial charge in [0.05, 0.1) is 49.0 Å². The van der Waals surface area contributed by atoms with E-state index in [1.54, 1.807) is 34.5 Å². The maximum absolute atomic E-state index is 14.1. The van der Waals surface area contributed by atoms with Crippen molar-refractivity contribution < 1.29 is 23.2 Å². The van der Waals surface area contributed by atoms with Crippen molar-refractivity contribution in [2.24, 2.45) is 0 Å². The first-order valence-corrected chi connectivity index (χ1v) is 11.8. The minimum absolute atomic E-state index is 0.506. The SMILES string of the molecule is COc1ccc(/C=C/c2cc(OC)c(OC)cc2[S@@](=O)c2c(OC)ccc3ccccc23)cc1. The summed E-state index contributed by atoms with van der Waals surface area (Å²) in [6.07, 6.45) is 3.89. The fourth-order valence-corrected chi connectivity index (χ4v) is 5.25. The molecule has 0 aliphatic rings. The van der Waals surface area contributed by atoms with Gasteiger partial charge in [-0.25, -0.2) is 4.21 Å². The van der Waals surface area contributed by atoms with E-state index in [4.69, 9.17) is 18.9 Å². The summed E-state index contributed by atoms with van der Waals surface area (Å²) in [5.74, 6) is 2.42. The normalized spacial score (nSPS) is 12.0. The molecule has 5 nitrogen and oxygen atoms in total. The first-order chi connectivity index (χ1) is 16.6. The molecule has 0 aliphatic heterocycles. The Hall–Kier alpha value is -3.77. The fraction of sp³-hybridized carbons (Fsp3) is 0.143. The van der Waals surface area contributed by atoms with Crippen LogP contribution in [-0.4, -0.2) is 32.6 Å². The Labute approximate surface area is 202 Å². The van der Waals surface area contributed by atoms with Crippen LogP contribution in [0.25, 0.3) is 22.9 Å². The molecule has 4 aromatic carbocycles. The number of methoxy groups -OCH3 is 4. The van der Waals surface area contributed by atoms with Crippen LogP contribution in [0.1, 0.15) is 11.1 Å². The molecule has 0 saturated heterocycles. The lowest BCUT2D eigenvalue weighted by Gasteiger charge is -2.16. The molecule has 0 aromatic heterocycles. The van der Waals surface area contributed by atoms with E-state index in [0.29, 0.717) is 27.0 Å². The summed E-state index contributed by atoms with van der Waals surface area (Å²) in [7, 11) is 4.81. The summed E-state index contributed by atoms with van der Waals surface area (Å²) in [6, 6.07) is 23.0. The highest BCUT2D eigenvalue weighted by Gasteiger charge is 2.21. The van der Waals surface area contributed by atoms with Crippen LogP contribution in [0.2, 0.25) is 0 Å². The molecule has 0 bridgehead atoms. The molecule has 0 radical (unpaired) electrons. The number of rotatable bonds is 8. The van der Waals surface area contributed by atoms with Crippen LogP contribution in [0, 0.1) is 0 Å². The Morgan fingerprint density at radius 2 is 1.35 bits per heavy atom. The van der Waals surface area contributed by atoms with E-state index in [1.165, 1.54) is 0 Å². The monoisotopic (exact) mass is 474 g/mol. The van der Waals surface area contributed by atoms with Crippen LogP contribution in [0.15, 0.2) is 82.6 Å². The first-order valence-electron chi connectivity index (χ1n) is 10.6. The third-order valence-corrected chi connectivity index (χ3v) is 7.08. The van der Waals surface area contributed by atoms with Crippen LogP contribution in [0.4, 0.5) is 0 Å². The van der Waals surface area contributed by atoms with Gasteiger partial charge >= 0.3 is 0 Å². The van der Waals surface area contributed by atoms with Crippen molar-refractivity contribution in [3.05, 3.63) is 83.9 Å². The third kappa shape index (κ3) is 4.63. The van der Waals surface area contributed by atoms with Gasteiger partial charge in [-0.15, -0.1) is 0 Å². The zero-order valence-corrected chi connectivity index (χ0v) is 20.3. The minimum atomic E-state index is -1.56. The fourth-order valence-electron chi connectivity index (χ4n) is 3.75. The maximum Gasteiger partial charge on any atom is 0.161 e. The second-order valence-electron chi connectivity index (χ2n) is 7.44. The van der Waals surface area contributed by atoms with Crippen molar-refractivity contribution in [3.63, 3.8) is 0 Å². The molecule has 6 heteroatoms. The Balaban J connectivity index is 1.87. The van der Waals surface area contributed by atoms with Gasteiger partial charge in [0.25, 0.3) is 0 Å². The van der Waals surface area contributed by atoms with Crippen molar-refractivity contribution in [1.29, 1.82) is 0 Å². The summed E-state index contributed by atoms with van der Waals surface area (Å²) in [5, 5.41) is 1.86. The highest BCUT2D eigenvalue weighted by molar-refractivity contribution is 7.85. The van der Waals surface area contributed by atoms with E-state index in [0.717, 1.165) is 27.6 Å². The number of fused-ring (bicyclic) bond motifs is 1. The molecule has 0 N–H and O–H groups in total. The molecule has 0 unspecified atom stereocenters. The van der Waals surface area contributed by atoms with E-state index >= 15 is 0 Å². The van der Waals surface area contributed by atoms with Gasteiger partial charge in [-0.3, -0.25) is 0 Å². The average molecular weight is 475 g/mol. The molecule has 0 amide bonds. The zero-order chi connectivity index (χ0) is 24.1. The maximum atomic E-state index is 14.1. The molecular formula is C28H26O5S. The van der Waals surface area contributed by atoms with Crippen molar-refractivity contribution in [2.45, 2.75) is 9.79 Å². The number of hydrogen-bond donors (Lipinski definition) is 0. The molecule has 1 atom stereocenters. The van der Waals surface area contributed by atoms with Crippen LogP contribution >= 0.6 is 0 Å². The van der Waals surface area contributed by atoms with Gasteiger partial charge in [-0.1, -0.05) is 54.6 Å². The summed E-state index contributed by atoms with van der Waals surface area (Å²) >= 11 is 0. The molecule has 0 fully saturated rings. The molecule has 0 aliphatic carbocycles. The Bertz CT molecular complexity index is 1360. The second-order valence-corrected chi connectivity index (χ2v) is 8.82. The molecule has 4 aromatic rings. The van der Waals surface area contributed by atoms with Gasteiger partial charge in [0.2, 0.25) is 0 Å². The van der Waals surface area contributed by atoms with Gasteiger partial charge in [0, 0.05) is 11.5 Å². The largest absolute Gasteiger partial charge is 0.497 e. The lowest BCUT2D eigenvalue weighted by atomic mass is 10.1. The van der Waals surface area contributed by atoms with Gasteiger partial charge in [-0.05, 0) is 40.8 Å². The van der Waals surface area contributed by atoms with Crippen LogP contribution in [0.3, 0.4) is 0 Å². The smallest absolute Gasteiger partial charge is 0.161 e. The van der Waals surface area contributed by atoms with Crippen molar-refractivity contribution in [2.75, 3.05) is 28.4 Å². The van der Waals surface area contributed by atoms with E-state index < -0.39 is 10.8 Å². The molecule has 34 heavy (non-hydrogen) atoms. The highest BCUT2D eigenvalue weighted by Crippen LogP contribution is 2.39. The van der Waals surface area contributed by atoms with E-state index in [9.17, 15) is 4.21 Å². The van der Waals surface area contributed by atoms with E-state index in [-0.39, 0.29) is 0 Å². The number of benzene rings is 4. The molecule has 4 rings (SSSR count). The van der Waals surface area contributed by atoms with Crippen LogP contribution in [-0.2, 0) is 10.8 Å². The predicted octanol–water partition coefficient (Wildman–Crippen LogP) is 6.21. The number of hydrogen-bond acceptors (Lipinski definition) is 5. The van der Waals surface area contributed by atoms with Gasteiger partial charge < -0.3 is 18.9 Å². The van der Waals surface area contributed by atoms with Gasteiger partial charge in [0.15, 0.2) is 11.5 Å². The Morgan fingerprint density at radius 3 is 2.03 bits per heavy atom. The summed E-state index contributed by atoms with van der Waals surface area (Å²) < 4.78 is 36.0. The van der Waals surface area contributed by atoms with Crippen molar-refractivity contribution >= 4 is 33.7 Å². The topological polar surface area (TPSA) is 54.0 Å². The minimum Gasteiger partial charge on any atom is -0.497 e. The molecular weight excluding hydrogens is 448 g/mol. The van der Waals surface area contributed by atoms with Crippen molar-refractivity contribution in [3.8, 4) is 23.0 Å². The molecule has 0 saturated carbocycles. The van der Waals surface area contributed by atoms with Crippen LogP contribution < -0.4 is 18.9 Å². The highest BCUT2D eigenvalue weighted by atomic mass is 32.2. The second kappa shape index (κ2) is 10.4. The lowest BCUT2D eigenvalue weighted by molar-refractivity contribution is 0.354. The summed E-state index contributed by atoms with van der Waals surface area (Å²) in [5.41, 5.74) is 1.73. The lowest BCUT2D eigenvalue weighted by Crippen LogP contribution is -2.02. The van der Waals surface area contributed by atoms with Gasteiger partial charge in [0.1, 0.15) is 11.5 Å². The molecule has 0 spiro atoms. The molecule has 0 heterocycles. The van der Waals surface area contributed by atoms with E-state index in [1.807, 2.05) is 78.9 Å². The quantitative estimate of drug-likeness (QED) is 0.284. The van der Waals surface area contributed by atoms with Gasteiger partial charge in [-0.2, -0.15) is 0 Å². The van der Waals surface area contributed by atoms with E-state index in [2.05, 4.69) is 0 Å². The third-order valence-electron chi connectivity index (χ3n) is 5.54. The zero-order valence-electron chi connectivity index (χ0n) is 19.5. The number of ether oxygens (including phenoxy) is 4. The summed E-state index contributed by atoms with van der Waals surface area (Å²) in [6.45, 7) is 0. The van der Waals surface area contributed by atoms with Crippen molar-refractivity contribution in [1.82, 2.24) is 0 Å². The summed E-state index contributed by atoms with van der Waals surface area (Å²) in [4.78, 5) is 1.21. The molecule has 174 valence electrons. The predicted molar refractivity (Wildman–Crippen MR) is 137 cm³/mol.